The molecule has 0 fully saturated rings. The Morgan fingerprint density at radius 3 is 2.39 bits per heavy atom. The monoisotopic (exact) mass is 324 g/mol. The highest BCUT2D eigenvalue weighted by Crippen LogP contribution is 2.31. The molecule has 0 spiro atoms. The minimum Gasteiger partial charge on any atom is -0.507 e. The molecule has 6 nitrogen and oxygen atoms in total. The molecular formula is C17H28N2O4. The molecule has 23 heavy (non-hydrogen) atoms. The van der Waals surface area contributed by atoms with Gasteiger partial charge in [-0.25, -0.2) is 4.79 Å². The predicted octanol–water partition coefficient (Wildman–Crippen LogP) is 3.01. The number of phenols is 2. The van der Waals surface area contributed by atoms with Crippen molar-refractivity contribution in [1.29, 1.82) is 0 Å². The van der Waals surface area contributed by atoms with Crippen LogP contribution in [0.1, 0.15) is 45.7 Å². The molecule has 1 amide bonds. The van der Waals surface area contributed by atoms with Crippen LogP contribution in [-0.2, 0) is 4.74 Å². The van der Waals surface area contributed by atoms with Gasteiger partial charge < -0.3 is 25.2 Å². The summed E-state index contributed by atoms with van der Waals surface area (Å²) in [4.78, 5) is 13.4. The fraction of sp³-hybridized carbons (Fsp3) is 0.588. The summed E-state index contributed by atoms with van der Waals surface area (Å²) in [5.41, 5.74) is -0.0199. The van der Waals surface area contributed by atoms with E-state index in [2.05, 4.69) is 5.32 Å². The van der Waals surface area contributed by atoms with E-state index in [1.165, 1.54) is 4.90 Å². The van der Waals surface area contributed by atoms with Crippen LogP contribution in [0.5, 0.6) is 11.5 Å². The number of hydrogen-bond acceptors (Lipinski definition) is 5. The lowest BCUT2D eigenvalue weighted by atomic mass is 10.1. The summed E-state index contributed by atoms with van der Waals surface area (Å²) in [6.07, 6.45) is 0.387. The molecule has 0 aliphatic rings. The van der Waals surface area contributed by atoms with Gasteiger partial charge in [0.25, 0.3) is 0 Å². The molecule has 0 heterocycles. The Labute approximate surface area is 138 Å². The topological polar surface area (TPSA) is 82.0 Å². The van der Waals surface area contributed by atoms with Crippen molar-refractivity contribution in [2.45, 2.75) is 45.8 Å². The third-order valence-electron chi connectivity index (χ3n) is 3.32. The Bertz CT molecular complexity index is 506. The zero-order valence-electron chi connectivity index (χ0n) is 14.6. The van der Waals surface area contributed by atoms with E-state index in [1.807, 2.05) is 27.7 Å². The lowest BCUT2D eigenvalue weighted by Crippen LogP contribution is -2.35. The first-order valence-corrected chi connectivity index (χ1v) is 7.80. The third kappa shape index (κ3) is 6.36. The molecule has 1 aromatic rings. The van der Waals surface area contributed by atoms with Crippen LogP contribution in [0.15, 0.2) is 18.2 Å². The molecular weight excluding hydrogens is 296 g/mol. The summed E-state index contributed by atoms with van der Waals surface area (Å²) >= 11 is 0. The molecule has 1 rings (SSSR count). The van der Waals surface area contributed by atoms with Crippen molar-refractivity contribution >= 4 is 6.09 Å². The minimum absolute atomic E-state index is 0.0656. The van der Waals surface area contributed by atoms with Crippen LogP contribution in [0.2, 0.25) is 0 Å². The lowest BCUT2D eigenvalue weighted by molar-refractivity contribution is 0.0297. The smallest absolute Gasteiger partial charge is 0.410 e. The average Bonchev–Trinajstić information content (AvgIpc) is 2.41. The van der Waals surface area contributed by atoms with Gasteiger partial charge in [0.1, 0.15) is 17.1 Å². The maximum Gasteiger partial charge on any atom is 0.410 e. The van der Waals surface area contributed by atoms with Gasteiger partial charge >= 0.3 is 6.09 Å². The first kappa shape index (κ1) is 19.1. The van der Waals surface area contributed by atoms with Crippen molar-refractivity contribution in [1.82, 2.24) is 10.2 Å². The van der Waals surface area contributed by atoms with Crippen molar-refractivity contribution in [2.24, 2.45) is 0 Å². The van der Waals surface area contributed by atoms with Crippen LogP contribution in [0.3, 0.4) is 0 Å². The summed E-state index contributed by atoms with van der Waals surface area (Å²) in [5.74, 6) is 0.131. The van der Waals surface area contributed by atoms with Crippen LogP contribution >= 0.6 is 0 Å². The van der Waals surface area contributed by atoms with Crippen LogP contribution in [0.25, 0.3) is 0 Å². The second-order valence-electron chi connectivity index (χ2n) is 6.64. The van der Waals surface area contributed by atoms with Crippen LogP contribution in [-0.4, -0.2) is 46.9 Å². The van der Waals surface area contributed by atoms with Crippen molar-refractivity contribution in [3.8, 4) is 11.5 Å². The fourth-order valence-corrected chi connectivity index (χ4v) is 2.15. The highest BCUT2D eigenvalue weighted by Gasteiger charge is 2.19. The van der Waals surface area contributed by atoms with Gasteiger partial charge in [-0.2, -0.15) is 0 Å². The van der Waals surface area contributed by atoms with Gasteiger partial charge in [-0.1, -0.05) is 6.07 Å². The van der Waals surface area contributed by atoms with Crippen molar-refractivity contribution < 1.29 is 19.7 Å². The van der Waals surface area contributed by atoms with E-state index in [9.17, 15) is 15.0 Å². The number of rotatable bonds is 6. The molecule has 1 unspecified atom stereocenters. The summed E-state index contributed by atoms with van der Waals surface area (Å²) in [7, 11) is 1.70. The van der Waals surface area contributed by atoms with Gasteiger partial charge in [-0.15, -0.1) is 0 Å². The van der Waals surface area contributed by atoms with Gasteiger partial charge in [0.05, 0.1) is 5.56 Å². The number of aromatic hydroxyl groups is 2. The number of phenolic OH excluding ortho intramolecular Hbond substituents is 2. The Hall–Kier alpha value is -1.95. The van der Waals surface area contributed by atoms with E-state index in [1.54, 1.807) is 25.2 Å². The molecule has 0 saturated heterocycles. The molecule has 0 aromatic heterocycles. The van der Waals surface area contributed by atoms with Gasteiger partial charge in [0.15, 0.2) is 0 Å². The van der Waals surface area contributed by atoms with Gasteiger partial charge in [0, 0.05) is 19.6 Å². The summed E-state index contributed by atoms with van der Waals surface area (Å²) in [6, 6.07) is 4.49. The number of carbonyl (C=O) groups is 1. The number of carbonyl (C=O) groups excluding carboxylic acids is 1. The standard InChI is InChI=1S/C17H28N2O4/c1-12(15-13(20)8-6-9-14(15)21)18-10-7-11-19(5)16(22)23-17(2,3)4/h6,8-9,12,18,20-21H,7,10-11H2,1-5H3. The molecule has 0 saturated carbocycles. The van der Waals surface area contributed by atoms with E-state index >= 15 is 0 Å². The molecule has 0 radical (unpaired) electrons. The van der Waals surface area contributed by atoms with Gasteiger partial charge in [-0.3, -0.25) is 0 Å². The highest BCUT2D eigenvalue weighted by molar-refractivity contribution is 5.67. The zero-order valence-corrected chi connectivity index (χ0v) is 14.6. The van der Waals surface area contributed by atoms with E-state index in [0.717, 1.165) is 6.42 Å². The van der Waals surface area contributed by atoms with E-state index < -0.39 is 5.60 Å². The SMILES string of the molecule is CC(NCCCN(C)C(=O)OC(C)(C)C)c1c(O)cccc1O. The molecule has 6 heteroatoms. The largest absolute Gasteiger partial charge is 0.507 e. The lowest BCUT2D eigenvalue weighted by Gasteiger charge is -2.25. The van der Waals surface area contributed by atoms with E-state index in [4.69, 9.17) is 4.74 Å². The van der Waals surface area contributed by atoms with E-state index in [-0.39, 0.29) is 23.6 Å². The van der Waals surface area contributed by atoms with Crippen LogP contribution < -0.4 is 5.32 Å². The van der Waals surface area contributed by atoms with Crippen molar-refractivity contribution in [3.05, 3.63) is 23.8 Å². The van der Waals surface area contributed by atoms with Crippen LogP contribution in [0.4, 0.5) is 4.79 Å². The molecule has 1 aromatic carbocycles. The maximum atomic E-state index is 11.8. The summed E-state index contributed by atoms with van der Waals surface area (Å²) in [6.45, 7) is 8.57. The predicted molar refractivity (Wildman–Crippen MR) is 89.7 cm³/mol. The van der Waals surface area contributed by atoms with Gasteiger partial charge in [0.2, 0.25) is 0 Å². The number of ether oxygens (including phenoxy) is 1. The second kappa shape index (κ2) is 8.06. The Balaban J connectivity index is 2.38. The van der Waals surface area contributed by atoms with Gasteiger partial charge in [-0.05, 0) is 52.8 Å². The number of hydrogen-bond donors (Lipinski definition) is 3. The molecule has 0 bridgehead atoms. The van der Waals surface area contributed by atoms with Crippen molar-refractivity contribution in [2.75, 3.05) is 20.1 Å². The highest BCUT2D eigenvalue weighted by atomic mass is 16.6. The third-order valence-corrected chi connectivity index (χ3v) is 3.32. The number of nitrogens with one attached hydrogen (secondary N) is 1. The fourth-order valence-electron chi connectivity index (χ4n) is 2.15. The maximum absolute atomic E-state index is 11.8. The molecule has 1 atom stereocenters. The first-order valence-electron chi connectivity index (χ1n) is 7.80. The van der Waals surface area contributed by atoms with Crippen molar-refractivity contribution in [3.63, 3.8) is 0 Å². The molecule has 0 aliphatic heterocycles. The normalized spacial score (nSPS) is 12.7. The quantitative estimate of drug-likeness (QED) is 0.701. The molecule has 0 aliphatic carbocycles. The zero-order chi connectivity index (χ0) is 17.6. The minimum atomic E-state index is -0.500. The summed E-state index contributed by atoms with van der Waals surface area (Å²) in [5, 5.41) is 22.9. The first-order chi connectivity index (χ1) is 10.6. The molecule has 3 N–H and O–H groups in total. The Kier molecular flexibility index (Phi) is 6.69. The second-order valence-corrected chi connectivity index (χ2v) is 6.64. The summed E-state index contributed by atoms with van der Waals surface area (Å²) < 4.78 is 5.28. The Morgan fingerprint density at radius 1 is 1.30 bits per heavy atom. The number of benzene rings is 1. The average molecular weight is 324 g/mol. The van der Waals surface area contributed by atoms with Crippen LogP contribution in [0, 0.1) is 0 Å². The number of nitrogens with zero attached hydrogens (tertiary/aromatic N) is 1. The number of amides is 1. The van der Waals surface area contributed by atoms with E-state index in [0.29, 0.717) is 18.7 Å². The molecule has 130 valence electrons. The Morgan fingerprint density at radius 2 is 1.87 bits per heavy atom.